The number of benzene rings is 4. The summed E-state index contributed by atoms with van der Waals surface area (Å²) in [5.41, 5.74) is 5.78. The van der Waals surface area contributed by atoms with Crippen molar-refractivity contribution in [1.29, 1.82) is 0 Å². The Kier molecular flexibility index (Phi) is 5.82. The minimum absolute atomic E-state index is 0.552. The van der Waals surface area contributed by atoms with Crippen LogP contribution < -0.4 is 9.97 Å². The molecule has 0 fully saturated rings. The summed E-state index contributed by atoms with van der Waals surface area (Å²) in [7, 11) is 4.20. The van der Waals surface area contributed by atoms with Crippen molar-refractivity contribution in [2.75, 3.05) is 0 Å². The molecule has 2 aliphatic rings. The van der Waals surface area contributed by atoms with E-state index in [0.29, 0.717) is 45.9 Å². The number of hydrogen-bond donors (Lipinski definition) is 0. The van der Waals surface area contributed by atoms with Gasteiger partial charge < -0.3 is 29.9 Å². The molecular formula is C32H16ClCuN8-2. The van der Waals surface area contributed by atoms with Crippen molar-refractivity contribution in [2.45, 2.75) is 0 Å². The maximum atomic E-state index is 4.95. The summed E-state index contributed by atoms with van der Waals surface area (Å²) in [4.78, 5) is 39.3. The van der Waals surface area contributed by atoms with Gasteiger partial charge in [0.1, 0.15) is 0 Å². The van der Waals surface area contributed by atoms with Crippen molar-refractivity contribution in [3.63, 3.8) is 0 Å². The molecule has 5 heterocycles. The third kappa shape index (κ3) is 3.83. The molecule has 0 saturated heterocycles. The van der Waals surface area contributed by atoms with Gasteiger partial charge in [-0.2, -0.15) is 0 Å². The second kappa shape index (κ2) is 9.85. The van der Waals surface area contributed by atoms with E-state index in [-0.39, 0.29) is 0 Å². The summed E-state index contributed by atoms with van der Waals surface area (Å²) in [5.74, 6) is 2.21. The summed E-state index contributed by atoms with van der Waals surface area (Å²) in [5, 5.41) is 3.57. The van der Waals surface area contributed by atoms with Gasteiger partial charge in [0.2, 0.25) is 0 Å². The first kappa shape index (κ1) is 24.8. The van der Waals surface area contributed by atoms with Crippen LogP contribution in [0.15, 0.2) is 97.1 Å². The number of nitrogens with zero attached hydrogens (tertiary/aromatic N) is 8. The molecule has 0 aliphatic carbocycles. The fraction of sp³-hybridized carbons (Fsp3) is 0. The number of halogens is 1. The van der Waals surface area contributed by atoms with Gasteiger partial charge in [0, 0.05) is 44.8 Å². The Bertz CT molecular complexity index is 2040. The third-order valence-electron chi connectivity index (χ3n) is 7.33. The predicted octanol–water partition coefficient (Wildman–Crippen LogP) is 6.81. The first-order valence-electron chi connectivity index (χ1n) is 13.0. The topological polar surface area (TPSA) is 106 Å². The van der Waals surface area contributed by atoms with Crippen LogP contribution in [0.3, 0.4) is 0 Å². The van der Waals surface area contributed by atoms with E-state index < -0.39 is 0 Å². The van der Waals surface area contributed by atoms with E-state index in [1.165, 1.54) is 0 Å². The molecule has 2 aliphatic heterocycles. The average Bonchev–Trinajstić information content (AvgIpc) is 3.78. The number of aromatic nitrogens is 8. The van der Waals surface area contributed by atoms with Crippen molar-refractivity contribution >= 4 is 54.2 Å². The second-order valence-corrected chi connectivity index (χ2v) is 9.67. The van der Waals surface area contributed by atoms with Crippen molar-refractivity contribution < 1.29 is 15.1 Å². The minimum atomic E-state index is 0.552. The Morgan fingerprint density at radius 3 is 0.857 bits per heavy atom. The molecule has 0 N–H and O–H groups in total. The van der Waals surface area contributed by atoms with Crippen LogP contribution in [0.25, 0.3) is 89.7 Å². The second-order valence-electron chi connectivity index (χ2n) is 9.67. The molecule has 0 saturated carbocycles. The molecule has 3 aromatic heterocycles. The molecule has 8 bridgehead atoms. The molecule has 4 aromatic carbocycles. The normalized spacial score (nSPS) is 11.6. The quantitative estimate of drug-likeness (QED) is 0.172. The van der Waals surface area contributed by atoms with E-state index >= 15 is 0 Å². The molecule has 0 radical (unpaired) electrons. The number of fused-ring (bicyclic) bond motifs is 20. The predicted molar refractivity (Wildman–Crippen MR) is 160 cm³/mol. The summed E-state index contributed by atoms with van der Waals surface area (Å²) < 4.78 is 0. The van der Waals surface area contributed by atoms with Gasteiger partial charge in [0.15, 0.2) is 0 Å². The molecular weight excluding hydrogens is 595 g/mol. The molecule has 0 atom stereocenters. The third-order valence-corrected chi connectivity index (χ3v) is 7.33. The van der Waals surface area contributed by atoms with Crippen LogP contribution in [0.1, 0.15) is 0 Å². The molecule has 7 aromatic rings. The Labute approximate surface area is 251 Å². The first-order chi connectivity index (χ1) is 20.8. The molecule has 0 spiro atoms. The van der Waals surface area contributed by atoms with E-state index in [1.807, 2.05) is 97.1 Å². The van der Waals surface area contributed by atoms with E-state index in [9.17, 15) is 0 Å². The van der Waals surface area contributed by atoms with Gasteiger partial charge in [-0.1, -0.05) is 97.1 Å². The fourth-order valence-electron chi connectivity index (χ4n) is 5.46. The number of rotatable bonds is 0. The molecule has 0 unspecified atom stereocenters. The van der Waals surface area contributed by atoms with Crippen LogP contribution in [-0.4, -0.2) is 29.9 Å². The average molecular weight is 612 g/mol. The van der Waals surface area contributed by atoms with Crippen molar-refractivity contribution in [2.24, 2.45) is 0 Å². The Balaban J connectivity index is 0.00000131. The SMILES string of the molecule is [Cl][Cu].c1ccc2c(c1)-c1nc-2nc2[n-]c(nc3nc(nc4[n-]c(n1)c1ccccc41)-c1ccccc1-3)c1ccccc21. The molecule has 204 valence electrons. The monoisotopic (exact) mass is 610 g/mol. The smallest absolute Gasteiger partial charge is 0.0927 e. The Morgan fingerprint density at radius 2 is 0.595 bits per heavy atom. The van der Waals surface area contributed by atoms with Gasteiger partial charge >= 0.3 is 25.2 Å². The first-order valence-corrected chi connectivity index (χ1v) is 14.3. The molecule has 10 heteroatoms. The van der Waals surface area contributed by atoms with Gasteiger partial charge in [-0.25, -0.2) is 9.97 Å². The van der Waals surface area contributed by atoms with Crippen LogP contribution in [0.5, 0.6) is 0 Å². The van der Waals surface area contributed by atoms with Gasteiger partial charge in [0.25, 0.3) is 0 Å². The van der Waals surface area contributed by atoms with Crippen LogP contribution in [0.2, 0.25) is 0 Å². The zero-order valence-corrected chi connectivity index (χ0v) is 23.2. The standard InChI is InChI=1S/C32H16N8.ClH.Cu/c1-2-10-18-17(9-1)25-33-26(18)38-28-21-13-5-6-14-22(21)30(35-28)40-32-24-16-8-7-15-23(24)31(36-32)39-29-20-12-4-3-11-19(20)27(34-29)37-25;;/h1-16H;1H;/q-2;;+1/p-1. The van der Waals surface area contributed by atoms with Crippen LogP contribution in [0, 0.1) is 0 Å². The van der Waals surface area contributed by atoms with Crippen LogP contribution in [0.4, 0.5) is 0 Å². The fourth-order valence-corrected chi connectivity index (χ4v) is 5.46. The van der Waals surface area contributed by atoms with Crippen LogP contribution in [-0.2, 0) is 15.1 Å². The number of hydrogen-bond acceptors (Lipinski definition) is 6. The van der Waals surface area contributed by atoms with Gasteiger partial charge in [0.05, 0.1) is 23.3 Å². The van der Waals surface area contributed by atoms with Gasteiger partial charge in [-0.15, -0.1) is 0 Å². The minimum Gasteiger partial charge on any atom is -0.357 e. The zero-order chi connectivity index (χ0) is 28.2. The van der Waals surface area contributed by atoms with E-state index in [2.05, 4.69) is 25.2 Å². The largest absolute Gasteiger partial charge is 0.357 e. The van der Waals surface area contributed by atoms with Crippen molar-refractivity contribution in [1.82, 2.24) is 39.9 Å². The maximum absolute atomic E-state index is 4.95. The van der Waals surface area contributed by atoms with Gasteiger partial charge in [-0.3, -0.25) is 0 Å². The van der Waals surface area contributed by atoms with Gasteiger partial charge in [-0.05, 0) is 21.5 Å². The van der Waals surface area contributed by atoms with E-state index in [4.69, 9.17) is 39.9 Å². The van der Waals surface area contributed by atoms with Crippen molar-refractivity contribution in [3.05, 3.63) is 97.1 Å². The summed E-state index contributed by atoms with van der Waals surface area (Å²) in [6.07, 6.45) is 0. The summed E-state index contributed by atoms with van der Waals surface area (Å²) in [6.45, 7) is 0. The summed E-state index contributed by atoms with van der Waals surface area (Å²) >= 11 is 3.66. The molecule has 0 amide bonds. The maximum Gasteiger partial charge on any atom is 0.0927 e. The molecule has 42 heavy (non-hydrogen) atoms. The molecule has 9 rings (SSSR count). The Hall–Kier alpha value is -4.95. The summed E-state index contributed by atoms with van der Waals surface area (Å²) in [6, 6.07) is 31.8. The van der Waals surface area contributed by atoms with E-state index in [1.54, 1.807) is 0 Å². The molecule has 8 nitrogen and oxygen atoms in total. The van der Waals surface area contributed by atoms with Crippen molar-refractivity contribution in [3.8, 4) is 45.6 Å². The van der Waals surface area contributed by atoms with E-state index in [0.717, 1.165) is 43.8 Å². The zero-order valence-electron chi connectivity index (χ0n) is 21.5. The Morgan fingerprint density at radius 1 is 0.357 bits per heavy atom. The van der Waals surface area contributed by atoms with Crippen LogP contribution >= 0.6 is 10.1 Å².